The minimum absolute atomic E-state index is 0.106. The summed E-state index contributed by atoms with van der Waals surface area (Å²) < 4.78 is 31.8. The number of hydrogen-bond donors (Lipinski definition) is 1. The van der Waals surface area contributed by atoms with Crippen LogP contribution >= 0.6 is 0 Å². The third kappa shape index (κ3) is 6.22. The van der Waals surface area contributed by atoms with E-state index in [0.29, 0.717) is 18.5 Å². The summed E-state index contributed by atoms with van der Waals surface area (Å²) in [6.45, 7) is 4.37. The van der Waals surface area contributed by atoms with Crippen LogP contribution in [0.2, 0.25) is 0 Å². The molecule has 0 bridgehead atoms. The molecule has 128 valence electrons. The molecule has 0 radical (unpaired) electrons. The Bertz CT molecular complexity index is 629. The van der Waals surface area contributed by atoms with E-state index < -0.39 is 14.9 Å². The SMILES string of the molecule is O=[N+]([O-])c1cccc(CS(=O)(=O)NCCCN2CCOCC2)c1. The molecular weight excluding hydrogens is 322 g/mol. The van der Waals surface area contributed by atoms with Gasteiger partial charge < -0.3 is 4.74 Å². The Balaban J connectivity index is 1.77. The van der Waals surface area contributed by atoms with E-state index in [1.54, 1.807) is 6.07 Å². The number of nitro benzene ring substituents is 1. The highest BCUT2D eigenvalue weighted by atomic mass is 32.2. The maximum atomic E-state index is 12.0. The van der Waals surface area contributed by atoms with E-state index in [2.05, 4.69) is 9.62 Å². The molecule has 1 heterocycles. The first-order chi connectivity index (χ1) is 11.0. The third-order valence-electron chi connectivity index (χ3n) is 3.55. The van der Waals surface area contributed by atoms with Gasteiger partial charge in [-0.15, -0.1) is 0 Å². The Morgan fingerprint density at radius 1 is 1.30 bits per heavy atom. The number of ether oxygens (including phenoxy) is 1. The van der Waals surface area contributed by atoms with E-state index >= 15 is 0 Å². The van der Waals surface area contributed by atoms with Crippen LogP contribution in [-0.4, -0.2) is 57.6 Å². The number of nitro groups is 1. The lowest BCUT2D eigenvalue weighted by atomic mass is 10.2. The van der Waals surface area contributed by atoms with E-state index in [0.717, 1.165) is 32.8 Å². The zero-order valence-corrected chi connectivity index (χ0v) is 13.6. The molecule has 0 spiro atoms. The second-order valence-electron chi connectivity index (χ2n) is 5.39. The fourth-order valence-corrected chi connectivity index (χ4v) is 3.56. The Morgan fingerprint density at radius 3 is 2.74 bits per heavy atom. The van der Waals surface area contributed by atoms with Gasteiger partial charge in [-0.05, 0) is 18.5 Å². The third-order valence-corrected chi connectivity index (χ3v) is 4.91. The van der Waals surface area contributed by atoms with E-state index in [-0.39, 0.29) is 11.4 Å². The molecular formula is C14H21N3O5S. The lowest BCUT2D eigenvalue weighted by Gasteiger charge is -2.26. The molecule has 0 aromatic heterocycles. The minimum atomic E-state index is -3.50. The van der Waals surface area contributed by atoms with E-state index in [1.807, 2.05) is 0 Å². The fourth-order valence-electron chi connectivity index (χ4n) is 2.39. The Kier molecular flexibility index (Phi) is 6.46. The predicted molar refractivity (Wildman–Crippen MR) is 85.6 cm³/mol. The number of sulfonamides is 1. The van der Waals surface area contributed by atoms with Gasteiger partial charge >= 0.3 is 0 Å². The molecule has 8 nitrogen and oxygen atoms in total. The quantitative estimate of drug-likeness (QED) is 0.424. The van der Waals surface area contributed by atoms with E-state index in [9.17, 15) is 18.5 Å². The van der Waals surface area contributed by atoms with Crippen LogP contribution in [0, 0.1) is 10.1 Å². The molecule has 0 saturated carbocycles. The Labute approximate surface area is 135 Å². The van der Waals surface area contributed by atoms with Gasteiger partial charge in [-0.25, -0.2) is 13.1 Å². The highest BCUT2D eigenvalue weighted by molar-refractivity contribution is 7.88. The summed E-state index contributed by atoms with van der Waals surface area (Å²) in [6, 6.07) is 5.68. The van der Waals surface area contributed by atoms with Crippen LogP contribution in [-0.2, 0) is 20.5 Å². The average molecular weight is 343 g/mol. The van der Waals surface area contributed by atoms with Crippen LogP contribution in [0.3, 0.4) is 0 Å². The van der Waals surface area contributed by atoms with Gasteiger partial charge in [0.15, 0.2) is 0 Å². The summed E-state index contributed by atoms with van der Waals surface area (Å²) >= 11 is 0. The van der Waals surface area contributed by atoms with Gasteiger partial charge in [-0.3, -0.25) is 15.0 Å². The molecule has 9 heteroatoms. The summed E-state index contributed by atoms with van der Waals surface area (Å²) in [5.41, 5.74) is 0.296. The van der Waals surface area contributed by atoms with Crippen molar-refractivity contribution in [2.24, 2.45) is 0 Å². The molecule has 0 unspecified atom stereocenters. The second-order valence-corrected chi connectivity index (χ2v) is 7.19. The average Bonchev–Trinajstić information content (AvgIpc) is 2.52. The number of nitrogens with zero attached hydrogens (tertiary/aromatic N) is 2. The van der Waals surface area contributed by atoms with Gasteiger partial charge in [0.1, 0.15) is 0 Å². The monoisotopic (exact) mass is 343 g/mol. The van der Waals surface area contributed by atoms with E-state index in [4.69, 9.17) is 4.74 Å². The largest absolute Gasteiger partial charge is 0.379 e. The number of rotatable bonds is 8. The van der Waals surface area contributed by atoms with Gasteiger partial charge in [0.25, 0.3) is 5.69 Å². The van der Waals surface area contributed by atoms with Crippen LogP contribution in [0.1, 0.15) is 12.0 Å². The number of hydrogen-bond acceptors (Lipinski definition) is 6. The van der Waals surface area contributed by atoms with Crippen molar-refractivity contribution < 1.29 is 18.1 Å². The molecule has 0 amide bonds. The van der Waals surface area contributed by atoms with Crippen molar-refractivity contribution >= 4 is 15.7 Å². The first-order valence-electron chi connectivity index (χ1n) is 7.47. The molecule has 1 aromatic carbocycles. The minimum Gasteiger partial charge on any atom is -0.379 e. The van der Waals surface area contributed by atoms with Crippen molar-refractivity contribution in [3.8, 4) is 0 Å². The first kappa shape index (κ1) is 17.8. The van der Waals surface area contributed by atoms with Crippen molar-refractivity contribution in [1.29, 1.82) is 0 Å². The lowest BCUT2D eigenvalue weighted by Crippen LogP contribution is -2.38. The molecule has 0 atom stereocenters. The summed E-state index contributed by atoms with van der Waals surface area (Å²) in [6.07, 6.45) is 0.716. The van der Waals surface area contributed by atoms with E-state index in [1.165, 1.54) is 18.2 Å². The maximum absolute atomic E-state index is 12.0. The van der Waals surface area contributed by atoms with Crippen molar-refractivity contribution in [2.45, 2.75) is 12.2 Å². The smallest absolute Gasteiger partial charge is 0.269 e. The van der Waals surface area contributed by atoms with Crippen LogP contribution in [0.15, 0.2) is 24.3 Å². The zero-order chi connectivity index (χ0) is 16.7. The molecule has 2 rings (SSSR count). The van der Waals surface area contributed by atoms with Crippen molar-refractivity contribution in [2.75, 3.05) is 39.4 Å². The van der Waals surface area contributed by atoms with Crippen molar-refractivity contribution in [3.63, 3.8) is 0 Å². The number of non-ortho nitro benzene ring substituents is 1. The first-order valence-corrected chi connectivity index (χ1v) is 9.12. The summed E-state index contributed by atoms with van der Waals surface area (Å²) in [4.78, 5) is 12.4. The molecule has 1 fully saturated rings. The lowest BCUT2D eigenvalue weighted by molar-refractivity contribution is -0.384. The molecule has 1 aliphatic heterocycles. The summed E-state index contributed by atoms with van der Waals surface area (Å²) in [5.74, 6) is -0.258. The Morgan fingerprint density at radius 2 is 2.04 bits per heavy atom. The topological polar surface area (TPSA) is 102 Å². The van der Waals surface area contributed by atoms with Gasteiger partial charge in [-0.1, -0.05) is 12.1 Å². The highest BCUT2D eigenvalue weighted by Gasteiger charge is 2.14. The molecule has 0 aliphatic carbocycles. The van der Waals surface area contributed by atoms with Crippen LogP contribution in [0.4, 0.5) is 5.69 Å². The van der Waals surface area contributed by atoms with Crippen molar-refractivity contribution in [3.05, 3.63) is 39.9 Å². The summed E-state index contributed by atoms with van der Waals surface area (Å²) in [7, 11) is -3.50. The van der Waals surface area contributed by atoms with Crippen LogP contribution < -0.4 is 4.72 Å². The standard InChI is InChI=1S/C14H21N3O5S/c18-17(19)14-4-1-3-13(11-14)12-23(20,21)15-5-2-6-16-7-9-22-10-8-16/h1,3-4,11,15H,2,5-10,12H2. The normalized spacial score (nSPS) is 16.3. The molecule has 1 aromatic rings. The number of nitrogens with one attached hydrogen (secondary N) is 1. The Hall–Kier alpha value is -1.55. The van der Waals surface area contributed by atoms with Gasteiger partial charge in [0.2, 0.25) is 10.0 Å². The molecule has 1 N–H and O–H groups in total. The molecule has 23 heavy (non-hydrogen) atoms. The zero-order valence-electron chi connectivity index (χ0n) is 12.8. The van der Waals surface area contributed by atoms with Gasteiger partial charge in [-0.2, -0.15) is 0 Å². The summed E-state index contributed by atoms with van der Waals surface area (Å²) in [5, 5.41) is 10.7. The second kappa shape index (κ2) is 8.34. The van der Waals surface area contributed by atoms with Crippen molar-refractivity contribution in [1.82, 2.24) is 9.62 Å². The fraction of sp³-hybridized carbons (Fsp3) is 0.571. The number of morpholine rings is 1. The molecule has 1 aliphatic rings. The predicted octanol–water partition coefficient (Wildman–Crippen LogP) is 0.736. The molecule has 1 saturated heterocycles. The van der Waals surface area contributed by atoms with Crippen LogP contribution in [0.5, 0.6) is 0 Å². The maximum Gasteiger partial charge on any atom is 0.269 e. The number of benzene rings is 1. The van der Waals surface area contributed by atoms with Gasteiger partial charge in [0, 0.05) is 31.8 Å². The van der Waals surface area contributed by atoms with Gasteiger partial charge in [0.05, 0.1) is 23.9 Å². The highest BCUT2D eigenvalue weighted by Crippen LogP contribution is 2.14. The van der Waals surface area contributed by atoms with Crippen LogP contribution in [0.25, 0.3) is 0 Å².